The normalized spacial score (nSPS) is 26.4. The van der Waals surface area contributed by atoms with Crippen molar-refractivity contribution in [3.63, 3.8) is 0 Å². The Labute approximate surface area is 188 Å². The van der Waals surface area contributed by atoms with Crippen LogP contribution in [0.1, 0.15) is 52.9 Å². The molecule has 2 heterocycles. The molecule has 1 saturated carbocycles. The maximum Gasteiger partial charge on any atom is 0.309 e. The van der Waals surface area contributed by atoms with Crippen molar-refractivity contribution in [1.29, 1.82) is 0 Å². The quantitative estimate of drug-likeness (QED) is 0.618. The second-order valence-corrected chi connectivity index (χ2v) is 11.8. The van der Waals surface area contributed by atoms with Gasteiger partial charge in [-0.2, -0.15) is 13.1 Å². The van der Waals surface area contributed by atoms with Gasteiger partial charge in [0.2, 0.25) is 10.0 Å². The Bertz CT molecular complexity index is 1030. The number of carbonyl (C=O) groups is 1. The van der Waals surface area contributed by atoms with Crippen molar-refractivity contribution in [3.8, 4) is 0 Å². The van der Waals surface area contributed by atoms with E-state index in [-0.39, 0.29) is 22.9 Å². The maximum atomic E-state index is 13.2. The first-order valence-electron chi connectivity index (χ1n) is 11.2. The Morgan fingerprint density at radius 2 is 1.90 bits per heavy atom. The average molecular weight is 466 g/mol. The van der Waals surface area contributed by atoms with E-state index in [0.29, 0.717) is 54.7 Å². The fourth-order valence-electron chi connectivity index (χ4n) is 4.96. The summed E-state index contributed by atoms with van der Waals surface area (Å²) in [6, 6.07) is 5.03. The molecule has 1 aromatic carbocycles. The van der Waals surface area contributed by atoms with Gasteiger partial charge in [0.1, 0.15) is 22.0 Å². The van der Waals surface area contributed by atoms with E-state index in [4.69, 9.17) is 4.74 Å². The molecule has 9 heteroatoms. The number of rotatable bonds is 5. The minimum atomic E-state index is -3.68. The number of piperidine rings is 1. The highest BCUT2D eigenvalue weighted by Crippen LogP contribution is 2.36. The Balaban J connectivity index is 1.40. The van der Waals surface area contributed by atoms with Gasteiger partial charge >= 0.3 is 5.97 Å². The molecule has 0 radical (unpaired) electrons. The van der Waals surface area contributed by atoms with E-state index in [2.05, 4.69) is 29.5 Å². The van der Waals surface area contributed by atoms with Crippen LogP contribution in [0.4, 0.5) is 0 Å². The van der Waals surface area contributed by atoms with Gasteiger partial charge in [-0.05, 0) is 55.6 Å². The van der Waals surface area contributed by atoms with Crippen LogP contribution < -0.4 is 0 Å². The number of sulfonamides is 1. The summed E-state index contributed by atoms with van der Waals surface area (Å²) in [5.41, 5.74) is 1.01. The van der Waals surface area contributed by atoms with E-state index in [1.54, 1.807) is 18.2 Å². The summed E-state index contributed by atoms with van der Waals surface area (Å²) in [4.78, 5) is 13.1. The maximum absolute atomic E-state index is 13.2. The van der Waals surface area contributed by atoms with Crippen molar-refractivity contribution in [2.24, 2.45) is 23.7 Å². The highest BCUT2D eigenvalue weighted by molar-refractivity contribution is 7.89. The van der Waals surface area contributed by atoms with Gasteiger partial charge in [0.15, 0.2) is 0 Å². The number of aromatic nitrogens is 2. The van der Waals surface area contributed by atoms with Gasteiger partial charge in [-0.15, -0.1) is 0 Å². The zero-order valence-corrected chi connectivity index (χ0v) is 20.0. The Kier molecular flexibility index (Phi) is 6.65. The Morgan fingerprint density at radius 3 is 2.61 bits per heavy atom. The Morgan fingerprint density at radius 1 is 1.16 bits per heavy atom. The number of carbonyl (C=O) groups excluding carboxylic acids is 1. The van der Waals surface area contributed by atoms with Gasteiger partial charge < -0.3 is 4.74 Å². The molecule has 1 aliphatic heterocycles. The largest absolute Gasteiger partial charge is 0.462 e. The summed E-state index contributed by atoms with van der Waals surface area (Å²) in [6.07, 6.45) is 4.16. The summed E-state index contributed by atoms with van der Waals surface area (Å²) < 4.78 is 42.2. The summed E-state index contributed by atoms with van der Waals surface area (Å²) in [5.74, 6) is 1.07. The predicted octanol–water partition coefficient (Wildman–Crippen LogP) is 4.10. The molecular weight excluding hydrogens is 434 g/mol. The molecule has 170 valence electrons. The fourth-order valence-corrected chi connectivity index (χ4v) is 7.18. The van der Waals surface area contributed by atoms with Crippen molar-refractivity contribution < 1.29 is 17.9 Å². The fraction of sp³-hybridized carbons (Fsp3) is 0.682. The summed E-state index contributed by atoms with van der Waals surface area (Å²) in [7, 11) is -3.68. The van der Waals surface area contributed by atoms with Crippen molar-refractivity contribution in [2.45, 2.75) is 63.9 Å². The van der Waals surface area contributed by atoms with Crippen LogP contribution >= 0.6 is 11.7 Å². The lowest BCUT2D eigenvalue weighted by Crippen LogP contribution is -2.42. The zero-order chi connectivity index (χ0) is 22.2. The molecule has 4 rings (SSSR count). The van der Waals surface area contributed by atoms with E-state index in [1.165, 1.54) is 10.7 Å². The van der Waals surface area contributed by atoms with Crippen LogP contribution in [0.2, 0.25) is 0 Å². The van der Waals surface area contributed by atoms with Crippen molar-refractivity contribution >= 4 is 38.8 Å². The third-order valence-corrected chi connectivity index (χ3v) is 9.36. The van der Waals surface area contributed by atoms with Gasteiger partial charge in [0, 0.05) is 13.1 Å². The SMILES string of the molecule is CC(C)[C@H]1CC[C@@H](C)C[C@@H]1OC(=O)C1CCN(S(=O)(=O)c2cccc3nsnc23)CC1. The van der Waals surface area contributed by atoms with Crippen LogP contribution in [0, 0.1) is 23.7 Å². The predicted molar refractivity (Wildman–Crippen MR) is 120 cm³/mol. The second-order valence-electron chi connectivity index (χ2n) is 9.37. The van der Waals surface area contributed by atoms with E-state index < -0.39 is 10.0 Å². The molecule has 0 N–H and O–H groups in total. The first-order chi connectivity index (χ1) is 14.8. The summed E-state index contributed by atoms with van der Waals surface area (Å²) in [6.45, 7) is 7.24. The van der Waals surface area contributed by atoms with Gasteiger partial charge in [-0.1, -0.05) is 33.3 Å². The summed E-state index contributed by atoms with van der Waals surface area (Å²) in [5, 5.41) is 0. The van der Waals surface area contributed by atoms with E-state index >= 15 is 0 Å². The lowest BCUT2D eigenvalue weighted by molar-refractivity contribution is -0.162. The van der Waals surface area contributed by atoms with Crippen LogP contribution in [0.15, 0.2) is 23.1 Å². The molecule has 0 unspecified atom stereocenters. The van der Waals surface area contributed by atoms with Crippen molar-refractivity contribution in [3.05, 3.63) is 18.2 Å². The van der Waals surface area contributed by atoms with Gasteiger partial charge in [0.25, 0.3) is 0 Å². The number of hydrogen-bond acceptors (Lipinski definition) is 7. The third kappa shape index (κ3) is 4.64. The molecular formula is C22H31N3O4S2. The number of fused-ring (bicyclic) bond motifs is 1. The molecule has 1 aromatic heterocycles. The van der Waals surface area contributed by atoms with Crippen LogP contribution in [0.25, 0.3) is 11.0 Å². The average Bonchev–Trinajstić information content (AvgIpc) is 3.22. The van der Waals surface area contributed by atoms with E-state index in [1.807, 2.05) is 0 Å². The molecule has 0 amide bonds. The molecule has 7 nitrogen and oxygen atoms in total. The van der Waals surface area contributed by atoms with Crippen LogP contribution in [0.3, 0.4) is 0 Å². The molecule has 2 aromatic rings. The smallest absolute Gasteiger partial charge is 0.309 e. The third-order valence-electron chi connectivity index (χ3n) is 6.88. The molecule has 2 aliphatic rings. The number of nitrogens with zero attached hydrogens (tertiary/aromatic N) is 3. The summed E-state index contributed by atoms with van der Waals surface area (Å²) >= 11 is 1.01. The lowest BCUT2D eigenvalue weighted by atomic mass is 9.75. The standard InChI is InChI=1S/C22H31N3O4S2/c1-14(2)17-8-7-15(3)13-19(17)29-22(26)16-9-11-25(12-10-16)31(27,28)20-6-4-5-18-21(20)24-30-23-18/h4-6,14-17,19H,7-13H2,1-3H3/t15-,17-,19+/m1/s1. The molecule has 3 atom stereocenters. The molecule has 1 saturated heterocycles. The minimum absolute atomic E-state index is 0.0206. The van der Waals surface area contributed by atoms with Crippen LogP contribution in [-0.2, 0) is 19.6 Å². The molecule has 0 spiro atoms. The molecule has 0 bridgehead atoms. The monoisotopic (exact) mass is 465 g/mol. The van der Waals surface area contributed by atoms with Gasteiger partial charge in [-0.3, -0.25) is 4.79 Å². The number of benzene rings is 1. The highest BCUT2D eigenvalue weighted by atomic mass is 32.2. The van der Waals surface area contributed by atoms with Crippen LogP contribution in [0.5, 0.6) is 0 Å². The van der Waals surface area contributed by atoms with Gasteiger partial charge in [-0.25, -0.2) is 8.42 Å². The van der Waals surface area contributed by atoms with Crippen molar-refractivity contribution in [2.75, 3.05) is 13.1 Å². The highest BCUT2D eigenvalue weighted by Gasteiger charge is 2.37. The molecule has 1 aliphatic carbocycles. The Hall–Kier alpha value is -1.58. The second kappa shape index (κ2) is 9.11. The number of hydrogen-bond donors (Lipinski definition) is 0. The lowest BCUT2D eigenvalue weighted by Gasteiger charge is -2.38. The van der Waals surface area contributed by atoms with E-state index in [0.717, 1.165) is 24.6 Å². The molecule has 31 heavy (non-hydrogen) atoms. The first-order valence-corrected chi connectivity index (χ1v) is 13.4. The number of ether oxygens (including phenoxy) is 1. The van der Waals surface area contributed by atoms with Crippen LogP contribution in [-0.4, -0.2) is 46.6 Å². The minimum Gasteiger partial charge on any atom is -0.462 e. The zero-order valence-electron chi connectivity index (χ0n) is 18.4. The first kappa shape index (κ1) is 22.6. The van der Waals surface area contributed by atoms with Crippen molar-refractivity contribution in [1.82, 2.24) is 13.1 Å². The van der Waals surface area contributed by atoms with Gasteiger partial charge in [0.05, 0.1) is 17.6 Å². The molecule has 2 fully saturated rings. The number of esters is 1. The van der Waals surface area contributed by atoms with E-state index in [9.17, 15) is 13.2 Å². The topological polar surface area (TPSA) is 89.5 Å².